The van der Waals surface area contributed by atoms with Gasteiger partial charge in [-0.2, -0.15) is 15.0 Å². The zero-order chi connectivity index (χ0) is 12.0. The summed E-state index contributed by atoms with van der Waals surface area (Å²) in [6.45, 7) is 2.76. The fourth-order valence-corrected chi connectivity index (χ4v) is 1.14. The molecule has 1 aromatic heterocycles. The lowest BCUT2D eigenvalue weighted by Gasteiger charge is -2.11. The molecule has 1 heterocycles. The van der Waals surface area contributed by atoms with Crippen molar-refractivity contribution in [2.75, 3.05) is 31.3 Å². The highest BCUT2D eigenvalue weighted by Gasteiger charge is 2.06. The van der Waals surface area contributed by atoms with Crippen LogP contribution < -0.4 is 15.4 Å². The van der Waals surface area contributed by atoms with Gasteiger partial charge < -0.3 is 15.4 Å². The molecule has 0 unspecified atom stereocenters. The quantitative estimate of drug-likeness (QED) is 0.730. The molecule has 0 aliphatic rings. The Kier molecular flexibility index (Phi) is 4.75. The van der Waals surface area contributed by atoms with Crippen LogP contribution in [0.5, 0.6) is 6.01 Å². The highest BCUT2D eigenvalue weighted by molar-refractivity contribution is 5.33. The fraction of sp³-hybridized carbons (Fsp3) is 0.700. The Morgan fingerprint density at radius 1 is 1.19 bits per heavy atom. The number of nitrogens with zero attached hydrogens (tertiary/aromatic N) is 4. The molecule has 0 bridgehead atoms. The number of aromatic nitrogens is 3. The Labute approximate surface area is 95.9 Å². The molecule has 6 heteroatoms. The van der Waals surface area contributed by atoms with Crippen molar-refractivity contribution in [2.45, 2.75) is 26.2 Å². The Bertz CT molecular complexity index is 329. The van der Waals surface area contributed by atoms with Crippen LogP contribution in [0.4, 0.5) is 11.9 Å². The monoisotopic (exact) mass is 225 g/mol. The van der Waals surface area contributed by atoms with Gasteiger partial charge in [0, 0.05) is 14.1 Å². The molecule has 0 saturated heterocycles. The van der Waals surface area contributed by atoms with Gasteiger partial charge in [0.05, 0.1) is 6.61 Å². The molecular weight excluding hydrogens is 206 g/mol. The number of anilines is 2. The van der Waals surface area contributed by atoms with Gasteiger partial charge in [-0.15, -0.1) is 0 Å². The van der Waals surface area contributed by atoms with Crippen molar-refractivity contribution < 1.29 is 4.74 Å². The topological polar surface area (TPSA) is 77.2 Å². The van der Waals surface area contributed by atoms with Gasteiger partial charge in [0.15, 0.2) is 0 Å². The van der Waals surface area contributed by atoms with Gasteiger partial charge in [-0.3, -0.25) is 0 Å². The Balaban J connectivity index is 2.58. The maximum atomic E-state index is 5.56. The number of unbranched alkanes of at least 4 members (excludes halogenated alkanes) is 2. The number of rotatable bonds is 6. The summed E-state index contributed by atoms with van der Waals surface area (Å²) in [5.41, 5.74) is 5.56. The normalized spacial score (nSPS) is 10.2. The summed E-state index contributed by atoms with van der Waals surface area (Å²) in [6, 6.07) is 0.298. The zero-order valence-corrected chi connectivity index (χ0v) is 10.1. The molecule has 1 aromatic rings. The predicted octanol–water partition coefficient (Wildman–Crippen LogP) is 1.09. The van der Waals surface area contributed by atoms with Crippen LogP contribution in [0.25, 0.3) is 0 Å². The van der Waals surface area contributed by atoms with Crippen molar-refractivity contribution in [1.82, 2.24) is 15.0 Å². The summed E-state index contributed by atoms with van der Waals surface area (Å²) >= 11 is 0. The molecule has 0 fully saturated rings. The lowest BCUT2D eigenvalue weighted by atomic mass is 10.3. The summed E-state index contributed by atoms with van der Waals surface area (Å²) in [7, 11) is 3.69. The molecule has 0 aliphatic carbocycles. The largest absolute Gasteiger partial charge is 0.463 e. The van der Waals surface area contributed by atoms with E-state index in [-0.39, 0.29) is 5.95 Å². The number of nitrogen functional groups attached to an aromatic ring is 1. The SMILES string of the molecule is CCCCCOc1nc(N)nc(N(C)C)n1. The zero-order valence-electron chi connectivity index (χ0n) is 10.1. The van der Waals surface area contributed by atoms with E-state index in [4.69, 9.17) is 10.5 Å². The van der Waals surface area contributed by atoms with Crippen LogP contribution in [0, 0.1) is 0 Å². The van der Waals surface area contributed by atoms with E-state index in [0.717, 1.165) is 19.3 Å². The molecule has 0 amide bonds. The van der Waals surface area contributed by atoms with Crippen molar-refractivity contribution in [3.8, 4) is 6.01 Å². The second-order valence-electron chi connectivity index (χ2n) is 3.73. The van der Waals surface area contributed by atoms with Gasteiger partial charge in [0.2, 0.25) is 11.9 Å². The Morgan fingerprint density at radius 3 is 2.56 bits per heavy atom. The molecule has 0 spiro atoms. The number of hydrogen-bond donors (Lipinski definition) is 1. The van der Waals surface area contributed by atoms with Gasteiger partial charge in [-0.25, -0.2) is 0 Å². The first-order valence-corrected chi connectivity index (χ1v) is 5.45. The fourth-order valence-electron chi connectivity index (χ4n) is 1.14. The van der Waals surface area contributed by atoms with Crippen molar-refractivity contribution in [3.63, 3.8) is 0 Å². The molecule has 90 valence electrons. The van der Waals surface area contributed by atoms with Crippen LogP contribution in [0.3, 0.4) is 0 Å². The third-order valence-corrected chi connectivity index (χ3v) is 2.00. The van der Waals surface area contributed by atoms with Crippen molar-refractivity contribution >= 4 is 11.9 Å². The molecule has 0 saturated carbocycles. The van der Waals surface area contributed by atoms with Crippen LogP contribution in [0.1, 0.15) is 26.2 Å². The smallest absolute Gasteiger partial charge is 0.323 e. The van der Waals surface area contributed by atoms with Gasteiger partial charge in [0.25, 0.3) is 0 Å². The second kappa shape index (κ2) is 6.09. The summed E-state index contributed by atoms with van der Waals surface area (Å²) < 4.78 is 5.41. The Morgan fingerprint density at radius 2 is 1.94 bits per heavy atom. The van der Waals surface area contributed by atoms with E-state index in [1.165, 1.54) is 0 Å². The first-order valence-electron chi connectivity index (χ1n) is 5.45. The van der Waals surface area contributed by atoms with E-state index in [0.29, 0.717) is 18.6 Å². The maximum Gasteiger partial charge on any atom is 0.323 e. The van der Waals surface area contributed by atoms with Crippen LogP contribution in [0.2, 0.25) is 0 Å². The minimum atomic E-state index is 0.184. The van der Waals surface area contributed by atoms with Gasteiger partial charge >= 0.3 is 6.01 Å². The molecular formula is C10H19N5O. The molecule has 0 radical (unpaired) electrons. The van der Waals surface area contributed by atoms with Crippen LogP contribution in [-0.2, 0) is 0 Å². The average molecular weight is 225 g/mol. The summed E-state index contributed by atoms with van der Waals surface area (Å²) in [5.74, 6) is 0.696. The maximum absolute atomic E-state index is 5.56. The van der Waals surface area contributed by atoms with E-state index < -0.39 is 0 Å². The summed E-state index contributed by atoms with van der Waals surface area (Å²) in [5, 5.41) is 0. The van der Waals surface area contributed by atoms with E-state index in [1.807, 2.05) is 14.1 Å². The summed E-state index contributed by atoms with van der Waals surface area (Å²) in [6.07, 6.45) is 3.30. The highest BCUT2D eigenvalue weighted by Crippen LogP contribution is 2.11. The van der Waals surface area contributed by atoms with Crippen LogP contribution in [0.15, 0.2) is 0 Å². The molecule has 16 heavy (non-hydrogen) atoms. The molecule has 0 atom stereocenters. The van der Waals surface area contributed by atoms with E-state index in [2.05, 4.69) is 21.9 Å². The van der Waals surface area contributed by atoms with Crippen LogP contribution in [-0.4, -0.2) is 35.7 Å². The van der Waals surface area contributed by atoms with Gasteiger partial charge in [0.1, 0.15) is 0 Å². The molecule has 0 aromatic carbocycles. The first kappa shape index (κ1) is 12.5. The minimum absolute atomic E-state index is 0.184. The highest BCUT2D eigenvalue weighted by atomic mass is 16.5. The number of hydrogen-bond acceptors (Lipinski definition) is 6. The van der Waals surface area contributed by atoms with E-state index in [9.17, 15) is 0 Å². The van der Waals surface area contributed by atoms with Crippen LogP contribution >= 0.6 is 0 Å². The lowest BCUT2D eigenvalue weighted by Crippen LogP contribution is -2.15. The third kappa shape index (κ3) is 3.88. The van der Waals surface area contributed by atoms with E-state index >= 15 is 0 Å². The summed E-state index contributed by atoms with van der Waals surface area (Å²) in [4.78, 5) is 13.8. The first-order chi connectivity index (χ1) is 7.63. The van der Waals surface area contributed by atoms with Gasteiger partial charge in [-0.05, 0) is 6.42 Å². The van der Waals surface area contributed by atoms with Crippen molar-refractivity contribution in [2.24, 2.45) is 0 Å². The van der Waals surface area contributed by atoms with Crippen molar-refractivity contribution in [1.29, 1.82) is 0 Å². The van der Waals surface area contributed by atoms with Crippen molar-refractivity contribution in [3.05, 3.63) is 0 Å². The number of ether oxygens (including phenoxy) is 1. The standard InChI is InChI=1S/C10H19N5O/c1-4-5-6-7-16-10-13-8(11)12-9(14-10)15(2)3/h4-7H2,1-3H3,(H2,11,12,13,14). The Hall–Kier alpha value is -1.59. The molecule has 2 N–H and O–H groups in total. The molecule has 0 aliphatic heterocycles. The third-order valence-electron chi connectivity index (χ3n) is 2.00. The molecule has 6 nitrogen and oxygen atoms in total. The van der Waals surface area contributed by atoms with E-state index in [1.54, 1.807) is 4.90 Å². The molecule has 1 rings (SSSR count). The average Bonchev–Trinajstić information content (AvgIpc) is 2.23. The number of nitrogens with two attached hydrogens (primary N) is 1. The lowest BCUT2D eigenvalue weighted by molar-refractivity contribution is 0.282. The second-order valence-corrected chi connectivity index (χ2v) is 3.73. The van der Waals surface area contributed by atoms with Gasteiger partial charge in [-0.1, -0.05) is 19.8 Å². The minimum Gasteiger partial charge on any atom is -0.463 e. The predicted molar refractivity (Wildman–Crippen MR) is 63.6 cm³/mol.